The fourth-order valence-corrected chi connectivity index (χ4v) is 3.90. The second-order valence-electron chi connectivity index (χ2n) is 8.55. The molecule has 1 saturated heterocycles. The van der Waals surface area contributed by atoms with Crippen molar-refractivity contribution >= 4 is 35.9 Å². The molecular weight excluding hydrogens is 508 g/mol. The highest BCUT2D eigenvalue weighted by molar-refractivity contribution is 6.07. The van der Waals surface area contributed by atoms with Gasteiger partial charge in [-0.2, -0.15) is 0 Å². The van der Waals surface area contributed by atoms with Crippen LogP contribution in [0.5, 0.6) is 0 Å². The average Bonchev–Trinajstić information content (AvgIpc) is 2.93. The van der Waals surface area contributed by atoms with E-state index in [0.29, 0.717) is 6.42 Å². The van der Waals surface area contributed by atoms with Gasteiger partial charge in [-0.1, -0.05) is 60.7 Å². The summed E-state index contributed by atoms with van der Waals surface area (Å²) in [5.41, 5.74) is 1.54. The molecule has 4 amide bonds. The molecule has 0 saturated carbocycles. The highest BCUT2D eigenvalue weighted by Gasteiger charge is 2.53. The van der Waals surface area contributed by atoms with Crippen LogP contribution in [0.4, 0.5) is 9.59 Å². The topological polar surface area (TPSA) is 153 Å². The molecule has 0 aliphatic carbocycles. The quantitative estimate of drug-likeness (QED) is 0.123. The standard InChI is InChI=1S/C27H30N4O8/c1-18(32)31-22(24(34)37-2)21(23(31)33)14-9-15-28-25(29-26(35)38-16-19-10-5-3-6-11-19)30-27(36)39-17-20-12-7-4-8-13-20/h3-8,10-13,21-22H,9,14-17H2,1-2H3,(H2,28,29,30,35,36)/t21?,22-/m0/s1. The Bertz CT molecular complexity index is 1140. The van der Waals surface area contributed by atoms with Crippen LogP contribution in [0.3, 0.4) is 0 Å². The Morgan fingerprint density at radius 2 is 1.38 bits per heavy atom. The van der Waals surface area contributed by atoms with Crippen LogP contribution in [0.1, 0.15) is 30.9 Å². The van der Waals surface area contributed by atoms with Gasteiger partial charge in [-0.15, -0.1) is 0 Å². The second-order valence-corrected chi connectivity index (χ2v) is 8.55. The molecule has 1 unspecified atom stereocenters. The number of carbonyl (C=O) groups excluding carboxylic acids is 5. The Labute approximate surface area is 225 Å². The number of carbonyl (C=O) groups is 5. The number of alkyl carbamates (subject to hydrolysis) is 2. The number of benzene rings is 2. The van der Waals surface area contributed by atoms with Crippen molar-refractivity contribution in [2.75, 3.05) is 13.7 Å². The molecule has 2 N–H and O–H groups in total. The van der Waals surface area contributed by atoms with Crippen molar-refractivity contribution in [1.29, 1.82) is 0 Å². The van der Waals surface area contributed by atoms with Gasteiger partial charge >= 0.3 is 18.2 Å². The van der Waals surface area contributed by atoms with E-state index < -0.39 is 41.9 Å². The van der Waals surface area contributed by atoms with Gasteiger partial charge in [-0.05, 0) is 24.0 Å². The Hall–Kier alpha value is -4.74. The zero-order valence-electron chi connectivity index (χ0n) is 21.6. The first kappa shape index (κ1) is 28.8. The van der Waals surface area contributed by atoms with Gasteiger partial charge in [0.1, 0.15) is 19.3 Å². The summed E-state index contributed by atoms with van der Waals surface area (Å²) >= 11 is 0. The van der Waals surface area contributed by atoms with E-state index in [4.69, 9.17) is 14.2 Å². The van der Waals surface area contributed by atoms with Gasteiger partial charge in [-0.3, -0.25) is 30.1 Å². The maximum atomic E-state index is 12.3. The summed E-state index contributed by atoms with van der Waals surface area (Å²) in [6.45, 7) is 1.28. The lowest BCUT2D eigenvalue weighted by atomic mass is 9.83. The smallest absolute Gasteiger partial charge is 0.414 e. The van der Waals surface area contributed by atoms with E-state index in [0.717, 1.165) is 16.0 Å². The Balaban J connectivity index is 1.58. The van der Waals surface area contributed by atoms with Crippen molar-refractivity contribution in [2.24, 2.45) is 10.9 Å². The summed E-state index contributed by atoms with van der Waals surface area (Å²) in [4.78, 5) is 65.8. The molecule has 3 rings (SSSR count). The lowest BCUT2D eigenvalue weighted by Crippen LogP contribution is -2.66. The van der Waals surface area contributed by atoms with E-state index in [1.807, 2.05) is 12.1 Å². The molecule has 39 heavy (non-hydrogen) atoms. The van der Waals surface area contributed by atoms with Crippen LogP contribution < -0.4 is 10.6 Å². The van der Waals surface area contributed by atoms with Gasteiger partial charge in [0.15, 0.2) is 0 Å². The van der Waals surface area contributed by atoms with E-state index in [-0.39, 0.29) is 32.1 Å². The minimum absolute atomic E-state index is 0.00373. The number of aliphatic imine (C=N–C) groups is 1. The normalized spacial score (nSPS) is 15.8. The molecule has 12 nitrogen and oxygen atoms in total. The van der Waals surface area contributed by atoms with Crippen molar-refractivity contribution in [2.45, 2.75) is 39.0 Å². The summed E-state index contributed by atoms with van der Waals surface area (Å²) in [6.07, 6.45) is -1.16. The number of hydrogen-bond donors (Lipinski definition) is 2. The number of hydrogen-bond acceptors (Lipinski definition) is 9. The summed E-state index contributed by atoms with van der Waals surface area (Å²) in [7, 11) is 1.18. The van der Waals surface area contributed by atoms with Gasteiger partial charge in [0, 0.05) is 13.5 Å². The first-order valence-electron chi connectivity index (χ1n) is 12.2. The average molecular weight is 539 g/mol. The van der Waals surface area contributed by atoms with Crippen molar-refractivity contribution in [3.63, 3.8) is 0 Å². The van der Waals surface area contributed by atoms with E-state index in [2.05, 4.69) is 15.6 Å². The van der Waals surface area contributed by atoms with Crippen molar-refractivity contribution in [3.05, 3.63) is 71.8 Å². The minimum atomic E-state index is -0.986. The molecule has 0 aromatic heterocycles. The summed E-state index contributed by atoms with van der Waals surface area (Å²) in [5.74, 6) is -2.62. The fourth-order valence-electron chi connectivity index (χ4n) is 3.90. The summed E-state index contributed by atoms with van der Waals surface area (Å²) in [6, 6.07) is 17.1. The molecule has 1 fully saturated rings. The molecule has 2 aromatic rings. The molecule has 12 heteroatoms. The van der Waals surface area contributed by atoms with Crippen molar-refractivity contribution in [3.8, 4) is 0 Å². The number of β-lactam (4-membered cyclic amide) rings is 1. The van der Waals surface area contributed by atoms with Gasteiger partial charge in [0.2, 0.25) is 17.8 Å². The number of ether oxygens (including phenoxy) is 3. The molecule has 0 spiro atoms. The number of likely N-dealkylation sites (tertiary alicyclic amines) is 1. The van der Waals surface area contributed by atoms with E-state index in [1.165, 1.54) is 14.0 Å². The molecule has 2 atom stereocenters. The molecule has 0 bridgehead atoms. The number of esters is 1. The zero-order valence-corrected chi connectivity index (χ0v) is 21.6. The number of rotatable bonds is 9. The Kier molecular flexibility index (Phi) is 10.5. The lowest BCUT2D eigenvalue weighted by molar-refractivity contribution is -0.178. The van der Waals surface area contributed by atoms with Gasteiger partial charge in [-0.25, -0.2) is 14.4 Å². The monoisotopic (exact) mass is 538 g/mol. The van der Waals surface area contributed by atoms with Gasteiger partial charge in [0.25, 0.3) is 0 Å². The SMILES string of the molecule is COC(=O)[C@@H]1C(CCCN=C(NC(=O)OCc2ccccc2)NC(=O)OCc2ccccc2)C(=O)N1C(C)=O. The van der Waals surface area contributed by atoms with E-state index >= 15 is 0 Å². The van der Waals surface area contributed by atoms with Crippen LogP contribution in [0.15, 0.2) is 65.7 Å². The number of nitrogens with zero attached hydrogens (tertiary/aromatic N) is 2. The zero-order chi connectivity index (χ0) is 28.2. The van der Waals surface area contributed by atoms with Crippen LogP contribution in [0.25, 0.3) is 0 Å². The predicted octanol–water partition coefficient (Wildman–Crippen LogP) is 2.52. The Morgan fingerprint density at radius 1 is 0.872 bits per heavy atom. The maximum Gasteiger partial charge on any atom is 0.414 e. The largest absolute Gasteiger partial charge is 0.467 e. The first-order chi connectivity index (χ1) is 18.8. The van der Waals surface area contributed by atoms with Crippen LogP contribution in [-0.2, 0) is 41.8 Å². The van der Waals surface area contributed by atoms with Crippen LogP contribution in [0.2, 0.25) is 0 Å². The summed E-state index contributed by atoms with van der Waals surface area (Å²) in [5, 5.41) is 4.76. The number of guanidine groups is 1. The van der Waals surface area contributed by atoms with Crippen molar-refractivity contribution in [1.82, 2.24) is 15.5 Å². The number of methoxy groups -OCH3 is 1. The molecule has 206 valence electrons. The van der Waals surface area contributed by atoms with Gasteiger partial charge in [0.05, 0.1) is 13.0 Å². The van der Waals surface area contributed by atoms with E-state index in [1.54, 1.807) is 48.5 Å². The molecule has 1 aliphatic rings. The molecule has 1 heterocycles. The van der Waals surface area contributed by atoms with Crippen molar-refractivity contribution < 1.29 is 38.2 Å². The predicted molar refractivity (Wildman–Crippen MR) is 138 cm³/mol. The van der Waals surface area contributed by atoms with Crippen LogP contribution in [0, 0.1) is 5.92 Å². The molecule has 0 radical (unpaired) electrons. The maximum absolute atomic E-state index is 12.3. The number of nitrogens with one attached hydrogen (secondary N) is 2. The van der Waals surface area contributed by atoms with Gasteiger partial charge < -0.3 is 14.2 Å². The van der Waals surface area contributed by atoms with E-state index in [9.17, 15) is 24.0 Å². The molecule has 2 aromatic carbocycles. The number of amides is 4. The third-order valence-corrected chi connectivity index (χ3v) is 5.81. The lowest BCUT2D eigenvalue weighted by Gasteiger charge is -2.43. The highest BCUT2D eigenvalue weighted by Crippen LogP contribution is 2.31. The minimum Gasteiger partial charge on any atom is -0.467 e. The fraction of sp³-hybridized carbons (Fsp3) is 0.333. The van der Waals surface area contributed by atoms with Crippen LogP contribution in [-0.4, -0.2) is 60.5 Å². The number of imide groups is 1. The Morgan fingerprint density at radius 3 is 1.85 bits per heavy atom. The molecular formula is C27H30N4O8. The second kappa shape index (κ2) is 14.3. The third kappa shape index (κ3) is 8.38. The highest BCUT2D eigenvalue weighted by atomic mass is 16.6. The molecule has 1 aliphatic heterocycles. The first-order valence-corrected chi connectivity index (χ1v) is 12.2. The third-order valence-electron chi connectivity index (χ3n) is 5.81. The summed E-state index contributed by atoms with van der Waals surface area (Å²) < 4.78 is 15.1. The van der Waals surface area contributed by atoms with Crippen LogP contribution >= 0.6 is 0 Å².